The summed E-state index contributed by atoms with van der Waals surface area (Å²) in [6.07, 6.45) is 1.62. The molecule has 3 rings (SSSR count). The van der Waals surface area contributed by atoms with Crippen molar-refractivity contribution in [2.24, 2.45) is 0 Å². The van der Waals surface area contributed by atoms with Crippen molar-refractivity contribution in [3.63, 3.8) is 0 Å². The smallest absolute Gasteiger partial charge is 0.265 e. The average molecular weight is 338 g/mol. The number of halogens is 1. The van der Waals surface area contributed by atoms with Gasteiger partial charge < -0.3 is 4.74 Å². The highest BCUT2D eigenvalue weighted by Gasteiger charge is 2.20. The minimum Gasteiger partial charge on any atom is -0.495 e. The summed E-state index contributed by atoms with van der Waals surface area (Å²) < 4.78 is 32.7. The Labute approximate surface area is 132 Å². The highest BCUT2D eigenvalue weighted by atomic mass is 35.5. The van der Waals surface area contributed by atoms with E-state index in [4.69, 9.17) is 16.3 Å². The lowest BCUT2D eigenvalue weighted by Crippen LogP contribution is -2.14. The average Bonchev–Trinajstić information content (AvgIpc) is 2.94. The van der Waals surface area contributed by atoms with E-state index in [0.717, 1.165) is 10.9 Å². The van der Waals surface area contributed by atoms with Crippen molar-refractivity contribution in [1.29, 1.82) is 0 Å². The number of fused-ring (bicyclic) bond motifs is 1. The molecule has 6 nitrogen and oxygen atoms in total. The van der Waals surface area contributed by atoms with Crippen molar-refractivity contribution >= 4 is 38.2 Å². The van der Waals surface area contributed by atoms with Gasteiger partial charge in [-0.05, 0) is 36.4 Å². The first-order chi connectivity index (χ1) is 10.5. The van der Waals surface area contributed by atoms with Crippen LogP contribution in [-0.4, -0.2) is 25.7 Å². The lowest BCUT2D eigenvalue weighted by molar-refractivity contribution is 0.403. The molecule has 0 saturated heterocycles. The second kappa shape index (κ2) is 5.51. The molecule has 1 heterocycles. The summed E-state index contributed by atoms with van der Waals surface area (Å²) in [6.45, 7) is 0. The number of ether oxygens (including phenoxy) is 1. The molecule has 22 heavy (non-hydrogen) atoms. The summed E-state index contributed by atoms with van der Waals surface area (Å²) >= 11 is 5.89. The maximum Gasteiger partial charge on any atom is 0.265 e. The van der Waals surface area contributed by atoms with E-state index in [1.165, 1.54) is 19.2 Å². The minimum absolute atomic E-state index is 0.0187. The molecule has 0 spiro atoms. The van der Waals surface area contributed by atoms with Gasteiger partial charge in [-0.3, -0.25) is 9.82 Å². The Morgan fingerprint density at radius 1 is 1.23 bits per heavy atom. The lowest BCUT2D eigenvalue weighted by Gasteiger charge is -2.12. The van der Waals surface area contributed by atoms with E-state index in [-0.39, 0.29) is 10.6 Å². The normalized spacial score (nSPS) is 11.5. The molecule has 1 aromatic heterocycles. The Kier molecular flexibility index (Phi) is 3.67. The second-order valence-corrected chi connectivity index (χ2v) is 6.66. The Bertz CT molecular complexity index is 937. The van der Waals surface area contributed by atoms with Gasteiger partial charge in [0.2, 0.25) is 0 Å². The zero-order valence-electron chi connectivity index (χ0n) is 11.5. The van der Waals surface area contributed by atoms with Crippen molar-refractivity contribution in [2.75, 3.05) is 11.8 Å². The van der Waals surface area contributed by atoms with Gasteiger partial charge >= 0.3 is 0 Å². The molecule has 114 valence electrons. The van der Waals surface area contributed by atoms with Gasteiger partial charge in [0.15, 0.2) is 0 Å². The van der Waals surface area contributed by atoms with E-state index in [9.17, 15) is 8.42 Å². The number of aromatic amines is 1. The minimum atomic E-state index is -3.82. The third-order valence-corrected chi connectivity index (χ3v) is 4.75. The molecule has 0 atom stereocenters. The molecule has 8 heteroatoms. The van der Waals surface area contributed by atoms with Crippen molar-refractivity contribution in [2.45, 2.75) is 4.90 Å². The Balaban J connectivity index is 2.01. The maximum atomic E-state index is 12.5. The van der Waals surface area contributed by atoms with Crippen LogP contribution in [0.5, 0.6) is 5.75 Å². The number of aromatic nitrogens is 2. The van der Waals surface area contributed by atoms with Crippen LogP contribution in [0.2, 0.25) is 5.02 Å². The van der Waals surface area contributed by atoms with Crippen LogP contribution in [0.1, 0.15) is 0 Å². The van der Waals surface area contributed by atoms with Crippen molar-refractivity contribution in [3.05, 3.63) is 47.6 Å². The van der Waals surface area contributed by atoms with Crippen LogP contribution in [0.3, 0.4) is 0 Å². The number of rotatable bonds is 4. The topological polar surface area (TPSA) is 84.1 Å². The molecular weight excluding hydrogens is 326 g/mol. The summed E-state index contributed by atoms with van der Waals surface area (Å²) in [7, 11) is -2.42. The number of hydrogen-bond donors (Lipinski definition) is 2. The monoisotopic (exact) mass is 337 g/mol. The summed E-state index contributed by atoms with van der Waals surface area (Å²) in [6, 6.07) is 9.50. The molecule has 0 radical (unpaired) electrons. The van der Waals surface area contributed by atoms with E-state index in [0.29, 0.717) is 10.7 Å². The zero-order chi connectivity index (χ0) is 15.7. The molecule has 2 N–H and O–H groups in total. The van der Waals surface area contributed by atoms with Crippen molar-refractivity contribution < 1.29 is 13.2 Å². The molecule has 0 aliphatic carbocycles. The van der Waals surface area contributed by atoms with E-state index in [1.54, 1.807) is 30.5 Å². The van der Waals surface area contributed by atoms with Crippen LogP contribution >= 0.6 is 11.6 Å². The fourth-order valence-corrected chi connectivity index (χ4v) is 3.56. The molecule has 3 aromatic rings. The van der Waals surface area contributed by atoms with Crippen LogP contribution in [0.4, 0.5) is 5.69 Å². The number of H-pyrrole nitrogens is 1. The number of benzene rings is 2. The molecule has 0 amide bonds. The fraction of sp³-hybridized carbons (Fsp3) is 0.0714. The molecule has 0 aliphatic heterocycles. The van der Waals surface area contributed by atoms with Gasteiger partial charge in [0, 0.05) is 16.1 Å². The first-order valence-electron chi connectivity index (χ1n) is 6.29. The van der Waals surface area contributed by atoms with E-state index >= 15 is 0 Å². The van der Waals surface area contributed by atoms with Crippen LogP contribution in [0.15, 0.2) is 47.5 Å². The van der Waals surface area contributed by atoms with E-state index < -0.39 is 10.0 Å². The van der Waals surface area contributed by atoms with E-state index in [2.05, 4.69) is 14.9 Å². The molecule has 0 bridgehead atoms. The fourth-order valence-electron chi connectivity index (χ4n) is 2.08. The molecule has 0 saturated carbocycles. The number of sulfonamides is 1. The Morgan fingerprint density at radius 2 is 2.05 bits per heavy atom. The third-order valence-electron chi connectivity index (χ3n) is 3.11. The second-order valence-electron chi connectivity index (χ2n) is 4.57. The lowest BCUT2D eigenvalue weighted by atomic mass is 10.2. The van der Waals surface area contributed by atoms with Gasteiger partial charge in [0.25, 0.3) is 10.0 Å². The Hall–Kier alpha value is -2.25. The van der Waals surface area contributed by atoms with E-state index in [1.807, 2.05) is 0 Å². The maximum absolute atomic E-state index is 12.5. The van der Waals surface area contributed by atoms with Gasteiger partial charge in [-0.25, -0.2) is 8.42 Å². The first kappa shape index (κ1) is 14.7. The number of nitrogens with one attached hydrogen (secondary N) is 2. The highest BCUT2D eigenvalue weighted by Crippen LogP contribution is 2.29. The van der Waals surface area contributed by atoms with Crippen molar-refractivity contribution in [3.8, 4) is 5.75 Å². The molecule has 0 fully saturated rings. The van der Waals surface area contributed by atoms with Crippen LogP contribution in [0, 0.1) is 0 Å². The van der Waals surface area contributed by atoms with Crippen LogP contribution in [0.25, 0.3) is 10.9 Å². The highest BCUT2D eigenvalue weighted by molar-refractivity contribution is 7.92. The molecule has 0 unspecified atom stereocenters. The van der Waals surface area contributed by atoms with Crippen molar-refractivity contribution in [1.82, 2.24) is 10.2 Å². The number of nitrogens with zero attached hydrogens (tertiary/aromatic N) is 1. The number of methoxy groups -OCH3 is 1. The quantitative estimate of drug-likeness (QED) is 0.766. The predicted molar refractivity (Wildman–Crippen MR) is 84.9 cm³/mol. The van der Waals surface area contributed by atoms with Gasteiger partial charge in [-0.2, -0.15) is 5.10 Å². The standard InChI is InChI=1S/C14H12ClN3O3S/c1-21-13-5-2-10(15)7-14(13)22(19,20)18-11-3-4-12-9(6-11)8-16-17-12/h2-8,18H,1H3,(H,16,17). The van der Waals surface area contributed by atoms with Gasteiger partial charge in [-0.15, -0.1) is 0 Å². The first-order valence-corrected chi connectivity index (χ1v) is 8.15. The molecule has 2 aromatic carbocycles. The molecular formula is C14H12ClN3O3S. The summed E-state index contributed by atoms with van der Waals surface area (Å²) in [5.74, 6) is 0.223. The summed E-state index contributed by atoms with van der Waals surface area (Å²) in [5, 5.41) is 7.81. The summed E-state index contributed by atoms with van der Waals surface area (Å²) in [5.41, 5.74) is 1.25. The molecule has 0 aliphatic rings. The number of anilines is 1. The van der Waals surface area contributed by atoms with Crippen LogP contribution in [-0.2, 0) is 10.0 Å². The van der Waals surface area contributed by atoms with Gasteiger partial charge in [0.05, 0.1) is 18.8 Å². The van der Waals surface area contributed by atoms with Gasteiger partial charge in [-0.1, -0.05) is 11.6 Å². The zero-order valence-corrected chi connectivity index (χ0v) is 13.1. The number of hydrogen-bond acceptors (Lipinski definition) is 4. The predicted octanol–water partition coefficient (Wildman–Crippen LogP) is 3.03. The third kappa shape index (κ3) is 2.72. The van der Waals surface area contributed by atoms with Gasteiger partial charge in [0.1, 0.15) is 10.6 Å². The Morgan fingerprint density at radius 3 is 2.82 bits per heavy atom. The largest absolute Gasteiger partial charge is 0.495 e. The summed E-state index contributed by atoms with van der Waals surface area (Å²) in [4.78, 5) is -0.0187. The van der Waals surface area contributed by atoms with Crippen LogP contribution < -0.4 is 9.46 Å². The SMILES string of the molecule is COc1ccc(Cl)cc1S(=O)(=O)Nc1ccc2[nH]ncc2c1.